The molecule has 1 atom stereocenters. The Labute approximate surface area is 101 Å². The van der Waals surface area contributed by atoms with Crippen molar-refractivity contribution in [1.29, 1.82) is 0 Å². The summed E-state index contributed by atoms with van der Waals surface area (Å²) in [5.41, 5.74) is 0. The fourth-order valence-corrected chi connectivity index (χ4v) is 1.27. The van der Waals surface area contributed by atoms with Gasteiger partial charge in [0, 0.05) is 19.9 Å². The lowest BCUT2D eigenvalue weighted by molar-refractivity contribution is -0.141. The number of carboxylic acids is 1. The first-order valence-corrected chi connectivity index (χ1v) is 5.74. The second-order valence-electron chi connectivity index (χ2n) is 3.83. The molecule has 0 aromatic carbocycles. The van der Waals surface area contributed by atoms with Gasteiger partial charge in [0.15, 0.2) is 0 Å². The van der Waals surface area contributed by atoms with Gasteiger partial charge in [0.1, 0.15) is 6.04 Å². The van der Waals surface area contributed by atoms with Gasteiger partial charge in [0.2, 0.25) is 11.8 Å². The number of aliphatic carboxylic acids is 1. The van der Waals surface area contributed by atoms with E-state index in [1.165, 1.54) is 6.92 Å². The smallest absolute Gasteiger partial charge is 0.326 e. The number of amides is 2. The predicted molar refractivity (Wildman–Crippen MR) is 62.4 cm³/mol. The van der Waals surface area contributed by atoms with Gasteiger partial charge in [-0.25, -0.2) is 4.79 Å². The van der Waals surface area contributed by atoms with Crippen molar-refractivity contribution in [1.82, 2.24) is 10.6 Å². The molecule has 6 heteroatoms. The lowest BCUT2D eigenvalue weighted by Gasteiger charge is -2.12. The highest BCUT2D eigenvalue weighted by molar-refractivity contribution is 5.83. The minimum Gasteiger partial charge on any atom is -0.480 e. The minimum absolute atomic E-state index is 0.0982. The van der Waals surface area contributed by atoms with Crippen molar-refractivity contribution in [3.8, 4) is 0 Å². The van der Waals surface area contributed by atoms with Gasteiger partial charge >= 0.3 is 5.97 Å². The summed E-state index contributed by atoms with van der Waals surface area (Å²) in [6.45, 7) is 3.87. The zero-order valence-electron chi connectivity index (χ0n) is 10.3. The topological polar surface area (TPSA) is 95.5 Å². The van der Waals surface area contributed by atoms with Crippen LogP contribution < -0.4 is 10.6 Å². The Morgan fingerprint density at radius 2 is 1.94 bits per heavy atom. The van der Waals surface area contributed by atoms with Gasteiger partial charge in [0.05, 0.1) is 0 Å². The Balaban J connectivity index is 3.91. The molecule has 0 aromatic heterocycles. The second kappa shape index (κ2) is 8.55. The van der Waals surface area contributed by atoms with E-state index in [2.05, 4.69) is 10.6 Å². The molecule has 6 nitrogen and oxygen atoms in total. The normalized spacial score (nSPS) is 11.6. The van der Waals surface area contributed by atoms with Gasteiger partial charge in [0.25, 0.3) is 0 Å². The van der Waals surface area contributed by atoms with Gasteiger partial charge in [-0.1, -0.05) is 13.3 Å². The van der Waals surface area contributed by atoms with Crippen LogP contribution in [0.5, 0.6) is 0 Å². The highest BCUT2D eigenvalue weighted by Crippen LogP contribution is 1.98. The fourth-order valence-electron chi connectivity index (χ4n) is 1.27. The zero-order valence-corrected chi connectivity index (χ0v) is 10.3. The molecule has 0 aromatic rings. The van der Waals surface area contributed by atoms with Crippen LogP contribution in [-0.4, -0.2) is 35.5 Å². The van der Waals surface area contributed by atoms with E-state index in [1.807, 2.05) is 6.92 Å². The second-order valence-corrected chi connectivity index (χ2v) is 3.83. The summed E-state index contributed by atoms with van der Waals surface area (Å²) >= 11 is 0. The summed E-state index contributed by atoms with van der Waals surface area (Å²) in [5, 5.41) is 13.8. The van der Waals surface area contributed by atoms with E-state index in [9.17, 15) is 14.4 Å². The Kier molecular flexibility index (Phi) is 7.75. The van der Waals surface area contributed by atoms with E-state index in [0.717, 1.165) is 12.8 Å². The summed E-state index contributed by atoms with van der Waals surface area (Å²) < 4.78 is 0. The van der Waals surface area contributed by atoms with Crippen molar-refractivity contribution < 1.29 is 19.5 Å². The molecule has 0 saturated carbocycles. The number of rotatable bonds is 8. The number of hydrogen-bond donors (Lipinski definition) is 3. The molecule has 3 N–H and O–H groups in total. The molecule has 0 aliphatic carbocycles. The molecule has 0 fully saturated rings. The van der Waals surface area contributed by atoms with E-state index in [0.29, 0.717) is 6.54 Å². The number of hydrogen-bond acceptors (Lipinski definition) is 3. The van der Waals surface area contributed by atoms with Crippen LogP contribution in [0.15, 0.2) is 0 Å². The molecule has 0 saturated heterocycles. The molecule has 2 amide bonds. The Morgan fingerprint density at radius 3 is 2.41 bits per heavy atom. The Morgan fingerprint density at radius 1 is 1.29 bits per heavy atom. The summed E-state index contributed by atoms with van der Waals surface area (Å²) in [4.78, 5) is 32.8. The number of carbonyl (C=O) groups excluding carboxylic acids is 2. The molecule has 0 unspecified atom stereocenters. The third-order valence-corrected chi connectivity index (χ3v) is 2.19. The molecule has 0 aliphatic rings. The molecule has 17 heavy (non-hydrogen) atoms. The van der Waals surface area contributed by atoms with Crippen molar-refractivity contribution >= 4 is 17.8 Å². The van der Waals surface area contributed by atoms with Crippen molar-refractivity contribution in [2.45, 2.75) is 45.6 Å². The molecule has 0 heterocycles. The van der Waals surface area contributed by atoms with Gasteiger partial charge in [-0.15, -0.1) is 0 Å². The highest BCUT2D eigenvalue weighted by atomic mass is 16.4. The van der Waals surface area contributed by atoms with Crippen LogP contribution in [0.3, 0.4) is 0 Å². The maximum Gasteiger partial charge on any atom is 0.326 e. The van der Waals surface area contributed by atoms with Gasteiger partial charge in [-0.05, 0) is 12.8 Å². The number of carboxylic acid groups (broad SMARTS) is 1. The van der Waals surface area contributed by atoms with Crippen LogP contribution in [0.4, 0.5) is 0 Å². The molecule has 98 valence electrons. The van der Waals surface area contributed by atoms with E-state index in [4.69, 9.17) is 5.11 Å². The highest BCUT2D eigenvalue weighted by Gasteiger charge is 2.19. The Hall–Kier alpha value is -1.59. The van der Waals surface area contributed by atoms with E-state index in [1.54, 1.807) is 0 Å². The predicted octanol–water partition coefficient (Wildman–Crippen LogP) is 0.272. The third-order valence-electron chi connectivity index (χ3n) is 2.19. The van der Waals surface area contributed by atoms with Crippen LogP contribution in [0, 0.1) is 0 Å². The molecule has 0 radical (unpaired) electrons. The molecule has 0 bridgehead atoms. The SMILES string of the molecule is CCCCNC(=O)CC[C@H](NC(C)=O)C(=O)O. The van der Waals surface area contributed by atoms with E-state index < -0.39 is 17.9 Å². The lowest BCUT2D eigenvalue weighted by Crippen LogP contribution is -2.40. The fraction of sp³-hybridized carbons (Fsp3) is 0.727. The van der Waals surface area contributed by atoms with Gasteiger partial charge in [-0.2, -0.15) is 0 Å². The summed E-state index contributed by atoms with van der Waals surface area (Å²) in [6.07, 6.45) is 2.09. The number of carbonyl (C=O) groups is 3. The first-order chi connectivity index (χ1) is 7.97. The van der Waals surface area contributed by atoms with Crippen molar-refractivity contribution in [3.63, 3.8) is 0 Å². The maximum absolute atomic E-state index is 11.3. The molecule has 0 aliphatic heterocycles. The van der Waals surface area contributed by atoms with Crippen molar-refractivity contribution in [2.24, 2.45) is 0 Å². The molecule has 0 spiro atoms. The van der Waals surface area contributed by atoms with Crippen LogP contribution >= 0.6 is 0 Å². The van der Waals surface area contributed by atoms with Crippen molar-refractivity contribution in [3.05, 3.63) is 0 Å². The average Bonchev–Trinajstić information content (AvgIpc) is 2.23. The van der Waals surface area contributed by atoms with E-state index in [-0.39, 0.29) is 18.7 Å². The molecular formula is C11H20N2O4. The monoisotopic (exact) mass is 244 g/mol. The number of nitrogens with one attached hydrogen (secondary N) is 2. The van der Waals surface area contributed by atoms with Gasteiger partial charge < -0.3 is 15.7 Å². The lowest BCUT2D eigenvalue weighted by atomic mass is 10.1. The van der Waals surface area contributed by atoms with Crippen LogP contribution in [0.1, 0.15) is 39.5 Å². The number of unbranched alkanes of at least 4 members (excludes halogenated alkanes) is 1. The van der Waals surface area contributed by atoms with Crippen molar-refractivity contribution in [2.75, 3.05) is 6.54 Å². The first kappa shape index (κ1) is 15.4. The summed E-state index contributed by atoms with van der Waals surface area (Å²) in [7, 11) is 0. The Bertz CT molecular complexity index is 279. The van der Waals surface area contributed by atoms with Gasteiger partial charge in [-0.3, -0.25) is 9.59 Å². The summed E-state index contributed by atoms with van der Waals surface area (Å²) in [5.74, 6) is -1.72. The maximum atomic E-state index is 11.3. The standard InChI is InChI=1S/C11H20N2O4/c1-3-4-7-12-10(15)6-5-9(11(16)17)13-8(2)14/h9H,3-7H2,1-2H3,(H,12,15)(H,13,14)(H,16,17)/t9-/m0/s1. The van der Waals surface area contributed by atoms with E-state index >= 15 is 0 Å². The molecule has 0 rings (SSSR count). The third kappa shape index (κ3) is 8.24. The molecular weight excluding hydrogens is 224 g/mol. The average molecular weight is 244 g/mol. The first-order valence-electron chi connectivity index (χ1n) is 5.74. The minimum atomic E-state index is -1.12. The quantitative estimate of drug-likeness (QED) is 0.534. The largest absolute Gasteiger partial charge is 0.480 e. The van der Waals surface area contributed by atoms with Crippen LogP contribution in [0.25, 0.3) is 0 Å². The van der Waals surface area contributed by atoms with Crippen LogP contribution in [-0.2, 0) is 14.4 Å². The zero-order chi connectivity index (χ0) is 13.3. The summed E-state index contributed by atoms with van der Waals surface area (Å²) in [6, 6.07) is -0.996. The van der Waals surface area contributed by atoms with Crippen LogP contribution in [0.2, 0.25) is 0 Å².